The van der Waals surface area contributed by atoms with Crippen molar-refractivity contribution >= 4 is 39.9 Å². The summed E-state index contributed by atoms with van der Waals surface area (Å²) in [6.45, 7) is 0.643. The summed E-state index contributed by atoms with van der Waals surface area (Å²) in [6.07, 6.45) is 0.831. The van der Waals surface area contributed by atoms with Gasteiger partial charge in [-0.15, -0.1) is 0 Å². The van der Waals surface area contributed by atoms with E-state index in [9.17, 15) is 9.90 Å². The van der Waals surface area contributed by atoms with Crippen LogP contribution in [-0.2, 0) is 6.42 Å². The van der Waals surface area contributed by atoms with Crippen molar-refractivity contribution in [2.24, 2.45) is 0 Å². The first-order chi connectivity index (χ1) is 9.56. The van der Waals surface area contributed by atoms with Crippen molar-refractivity contribution in [2.75, 3.05) is 17.2 Å². The highest BCUT2D eigenvalue weighted by molar-refractivity contribution is 14.1. The molecule has 0 aliphatic carbocycles. The van der Waals surface area contributed by atoms with Crippen LogP contribution in [0.25, 0.3) is 0 Å². The van der Waals surface area contributed by atoms with Gasteiger partial charge in [-0.1, -0.05) is 6.07 Å². The fourth-order valence-electron chi connectivity index (χ4n) is 2.41. The summed E-state index contributed by atoms with van der Waals surface area (Å²) in [4.78, 5) is 14.3. The first-order valence-corrected chi connectivity index (χ1v) is 7.33. The Morgan fingerprint density at radius 2 is 2.05 bits per heavy atom. The lowest BCUT2D eigenvalue weighted by Crippen LogP contribution is -2.28. The molecule has 2 aromatic rings. The molecule has 0 radical (unpaired) electrons. The molecule has 3 N–H and O–H groups in total. The molecule has 0 saturated heterocycles. The van der Waals surface area contributed by atoms with Gasteiger partial charge in [0.25, 0.3) is 5.91 Å². The number of hydrogen-bond acceptors (Lipinski definition) is 3. The Balaban J connectivity index is 1.97. The van der Waals surface area contributed by atoms with E-state index in [0.717, 1.165) is 21.2 Å². The molecular formula is C15H13IN2O2. The number of aromatic hydroxyl groups is 1. The monoisotopic (exact) mass is 380 g/mol. The van der Waals surface area contributed by atoms with E-state index in [4.69, 9.17) is 5.73 Å². The van der Waals surface area contributed by atoms with Gasteiger partial charge in [0.15, 0.2) is 0 Å². The van der Waals surface area contributed by atoms with Crippen molar-refractivity contribution in [1.82, 2.24) is 0 Å². The molecule has 1 heterocycles. The topological polar surface area (TPSA) is 66.6 Å². The number of fused-ring (bicyclic) bond motifs is 1. The first-order valence-electron chi connectivity index (χ1n) is 6.25. The predicted molar refractivity (Wildman–Crippen MR) is 87.1 cm³/mol. The van der Waals surface area contributed by atoms with Crippen molar-refractivity contribution in [3.63, 3.8) is 0 Å². The van der Waals surface area contributed by atoms with Crippen molar-refractivity contribution in [3.05, 3.63) is 51.1 Å². The summed E-state index contributed by atoms with van der Waals surface area (Å²) in [6, 6.07) is 10.6. The Labute approximate surface area is 130 Å². The van der Waals surface area contributed by atoms with E-state index in [1.807, 2.05) is 40.8 Å². The number of halogens is 1. The fourth-order valence-corrected chi connectivity index (χ4v) is 2.74. The van der Waals surface area contributed by atoms with Gasteiger partial charge in [0.05, 0.1) is 3.57 Å². The van der Waals surface area contributed by atoms with Gasteiger partial charge in [-0.2, -0.15) is 0 Å². The minimum absolute atomic E-state index is 0.110. The number of nitrogens with zero attached hydrogens (tertiary/aromatic N) is 1. The van der Waals surface area contributed by atoms with Crippen molar-refractivity contribution in [2.45, 2.75) is 6.42 Å². The van der Waals surface area contributed by atoms with Crippen molar-refractivity contribution in [1.29, 1.82) is 0 Å². The van der Waals surface area contributed by atoms with E-state index >= 15 is 0 Å². The number of phenols is 1. The number of hydrogen-bond donors (Lipinski definition) is 2. The molecule has 1 amide bonds. The van der Waals surface area contributed by atoms with Gasteiger partial charge in [-0.05, 0) is 64.9 Å². The number of rotatable bonds is 1. The zero-order valence-electron chi connectivity index (χ0n) is 10.6. The molecule has 0 aromatic heterocycles. The zero-order chi connectivity index (χ0) is 14.3. The average Bonchev–Trinajstić information content (AvgIpc) is 2.84. The third kappa shape index (κ3) is 2.22. The number of carbonyl (C=O) groups is 1. The minimum atomic E-state index is -0.110. The summed E-state index contributed by atoms with van der Waals surface area (Å²) in [5.74, 6) is 0.0181. The normalized spacial score (nSPS) is 13.3. The van der Waals surface area contributed by atoms with Gasteiger partial charge in [-0.25, -0.2) is 0 Å². The second-order valence-electron chi connectivity index (χ2n) is 4.76. The van der Waals surface area contributed by atoms with Gasteiger partial charge in [0.1, 0.15) is 5.75 Å². The van der Waals surface area contributed by atoms with Crippen LogP contribution in [0.3, 0.4) is 0 Å². The van der Waals surface area contributed by atoms with E-state index in [2.05, 4.69) is 0 Å². The largest absolute Gasteiger partial charge is 0.507 e. The zero-order valence-corrected chi connectivity index (χ0v) is 12.8. The van der Waals surface area contributed by atoms with Crippen LogP contribution in [0.1, 0.15) is 15.9 Å². The Morgan fingerprint density at radius 1 is 1.25 bits per heavy atom. The molecule has 0 bridgehead atoms. The number of carbonyl (C=O) groups excluding carboxylic acids is 1. The number of anilines is 2. The molecular weight excluding hydrogens is 367 g/mol. The quantitative estimate of drug-likeness (QED) is 0.591. The Morgan fingerprint density at radius 3 is 2.80 bits per heavy atom. The molecule has 1 aliphatic heterocycles. The Kier molecular flexibility index (Phi) is 3.29. The third-order valence-corrected chi connectivity index (χ3v) is 4.36. The molecule has 0 atom stereocenters. The number of phenolic OH excluding ortho intramolecular Hbond substituents is 1. The van der Waals surface area contributed by atoms with Crippen LogP contribution in [0.2, 0.25) is 0 Å². The maximum Gasteiger partial charge on any atom is 0.258 e. The smallest absolute Gasteiger partial charge is 0.258 e. The summed E-state index contributed by atoms with van der Waals surface area (Å²) in [5, 5.41) is 9.73. The first kappa shape index (κ1) is 13.2. The lowest BCUT2D eigenvalue weighted by molar-refractivity contribution is 0.0989. The van der Waals surface area contributed by atoms with E-state index < -0.39 is 0 Å². The lowest BCUT2D eigenvalue weighted by atomic mass is 10.1. The van der Waals surface area contributed by atoms with Gasteiger partial charge < -0.3 is 15.7 Å². The van der Waals surface area contributed by atoms with Gasteiger partial charge in [-0.3, -0.25) is 4.79 Å². The van der Waals surface area contributed by atoms with Gasteiger partial charge >= 0.3 is 0 Å². The van der Waals surface area contributed by atoms with Crippen LogP contribution in [0.4, 0.5) is 11.4 Å². The van der Waals surface area contributed by atoms with Crippen LogP contribution in [0, 0.1) is 3.57 Å². The van der Waals surface area contributed by atoms with Crippen molar-refractivity contribution < 1.29 is 9.90 Å². The molecule has 4 nitrogen and oxygen atoms in total. The molecule has 0 unspecified atom stereocenters. The van der Waals surface area contributed by atoms with Crippen LogP contribution in [-0.4, -0.2) is 17.6 Å². The number of nitrogens with two attached hydrogens (primary N) is 1. The molecule has 20 heavy (non-hydrogen) atoms. The fraction of sp³-hybridized carbons (Fsp3) is 0.133. The molecule has 1 aliphatic rings. The second-order valence-corrected chi connectivity index (χ2v) is 5.92. The molecule has 5 heteroatoms. The second kappa shape index (κ2) is 4.97. The molecule has 0 spiro atoms. The van der Waals surface area contributed by atoms with E-state index in [1.165, 1.54) is 6.07 Å². The van der Waals surface area contributed by atoms with Gasteiger partial charge in [0, 0.05) is 23.5 Å². The maximum absolute atomic E-state index is 12.6. The highest BCUT2D eigenvalue weighted by atomic mass is 127. The standard InChI is InChI=1S/C15H13IN2O2/c16-12-4-2-10(7-14(12)19)15(20)18-6-5-9-1-3-11(17)8-13(9)18/h1-4,7-8,19H,5-6,17H2. The number of nitrogen functional groups attached to an aromatic ring is 1. The minimum Gasteiger partial charge on any atom is -0.507 e. The molecule has 102 valence electrons. The third-order valence-electron chi connectivity index (χ3n) is 3.44. The summed E-state index contributed by atoms with van der Waals surface area (Å²) in [7, 11) is 0. The molecule has 3 rings (SSSR count). The highest BCUT2D eigenvalue weighted by Crippen LogP contribution is 2.31. The van der Waals surface area contributed by atoms with Crippen LogP contribution >= 0.6 is 22.6 Å². The van der Waals surface area contributed by atoms with E-state index in [1.54, 1.807) is 17.0 Å². The predicted octanol–water partition coefficient (Wildman–Crippen LogP) is 2.78. The Hall–Kier alpha value is -1.76. The molecule has 2 aromatic carbocycles. The van der Waals surface area contributed by atoms with E-state index in [0.29, 0.717) is 17.8 Å². The Bertz CT molecular complexity index is 700. The maximum atomic E-state index is 12.6. The summed E-state index contributed by atoms with van der Waals surface area (Å²) in [5.41, 5.74) is 8.92. The average molecular weight is 380 g/mol. The summed E-state index contributed by atoms with van der Waals surface area (Å²) >= 11 is 2.03. The number of amides is 1. The molecule has 0 saturated carbocycles. The summed E-state index contributed by atoms with van der Waals surface area (Å²) < 4.78 is 0.727. The SMILES string of the molecule is Nc1ccc2c(c1)N(C(=O)c1ccc(I)c(O)c1)CC2. The highest BCUT2D eigenvalue weighted by Gasteiger charge is 2.26. The number of benzene rings is 2. The van der Waals surface area contributed by atoms with Gasteiger partial charge in [0.2, 0.25) is 0 Å². The lowest BCUT2D eigenvalue weighted by Gasteiger charge is -2.18. The van der Waals surface area contributed by atoms with Crippen molar-refractivity contribution in [3.8, 4) is 5.75 Å². The van der Waals surface area contributed by atoms with Crippen LogP contribution in [0.5, 0.6) is 5.75 Å². The van der Waals surface area contributed by atoms with E-state index in [-0.39, 0.29) is 11.7 Å². The van der Waals surface area contributed by atoms with Crippen LogP contribution < -0.4 is 10.6 Å². The van der Waals surface area contributed by atoms with Crippen LogP contribution in [0.15, 0.2) is 36.4 Å². The molecule has 0 fully saturated rings.